The van der Waals surface area contributed by atoms with Gasteiger partial charge in [0, 0.05) is 17.9 Å². The maximum absolute atomic E-state index is 10.3. The lowest BCUT2D eigenvalue weighted by Crippen LogP contribution is -2.14. The van der Waals surface area contributed by atoms with Crippen molar-refractivity contribution in [1.29, 1.82) is 0 Å². The Morgan fingerprint density at radius 2 is 2.00 bits per heavy atom. The first-order valence-corrected chi connectivity index (χ1v) is 7.35. The second-order valence-electron chi connectivity index (χ2n) is 4.10. The van der Waals surface area contributed by atoms with Crippen LogP contribution >= 0.6 is 11.8 Å². The predicted molar refractivity (Wildman–Crippen MR) is 76.0 cm³/mol. The standard InChI is InChI=1S/C14H21NO2S/c1-2-18-13-8-6-12(7-9-13)11-15-10-4-3-5-14(16)17/h6-9,15H,2-5,10-11H2,1H3,(H,16,17). The van der Waals surface area contributed by atoms with Crippen molar-refractivity contribution in [2.45, 2.75) is 37.6 Å². The maximum Gasteiger partial charge on any atom is 0.303 e. The highest BCUT2D eigenvalue weighted by Gasteiger charge is 1.97. The minimum absolute atomic E-state index is 0.268. The normalized spacial score (nSPS) is 10.5. The Morgan fingerprint density at radius 3 is 2.61 bits per heavy atom. The number of unbranched alkanes of at least 4 members (excludes halogenated alkanes) is 1. The molecular weight excluding hydrogens is 246 g/mol. The van der Waals surface area contributed by atoms with Gasteiger partial charge in [-0.15, -0.1) is 11.8 Å². The van der Waals surface area contributed by atoms with Crippen LogP contribution in [-0.2, 0) is 11.3 Å². The van der Waals surface area contributed by atoms with Crippen molar-refractivity contribution in [1.82, 2.24) is 5.32 Å². The molecule has 2 N–H and O–H groups in total. The molecule has 4 heteroatoms. The zero-order valence-corrected chi connectivity index (χ0v) is 11.6. The molecule has 0 aliphatic heterocycles. The van der Waals surface area contributed by atoms with Gasteiger partial charge in [0.2, 0.25) is 0 Å². The summed E-state index contributed by atoms with van der Waals surface area (Å²) in [5.41, 5.74) is 1.27. The third-order valence-corrected chi connectivity index (χ3v) is 3.45. The SMILES string of the molecule is CCSc1ccc(CNCCCCC(=O)O)cc1. The van der Waals surface area contributed by atoms with Crippen LogP contribution in [0.3, 0.4) is 0 Å². The van der Waals surface area contributed by atoms with Gasteiger partial charge in [-0.25, -0.2) is 0 Å². The third kappa shape index (κ3) is 6.67. The van der Waals surface area contributed by atoms with Crippen LogP contribution in [0.2, 0.25) is 0 Å². The van der Waals surface area contributed by atoms with Gasteiger partial charge in [0.15, 0.2) is 0 Å². The lowest BCUT2D eigenvalue weighted by Gasteiger charge is -2.05. The van der Waals surface area contributed by atoms with E-state index in [1.807, 2.05) is 11.8 Å². The van der Waals surface area contributed by atoms with Crippen molar-refractivity contribution < 1.29 is 9.90 Å². The summed E-state index contributed by atoms with van der Waals surface area (Å²) in [4.78, 5) is 11.6. The molecule has 0 heterocycles. The van der Waals surface area contributed by atoms with E-state index in [9.17, 15) is 4.79 Å². The smallest absolute Gasteiger partial charge is 0.303 e. The highest BCUT2D eigenvalue weighted by molar-refractivity contribution is 7.99. The minimum atomic E-state index is -0.709. The highest BCUT2D eigenvalue weighted by atomic mass is 32.2. The summed E-state index contributed by atoms with van der Waals surface area (Å²) in [6, 6.07) is 8.58. The van der Waals surface area contributed by atoms with Gasteiger partial charge in [-0.05, 0) is 42.8 Å². The number of aliphatic carboxylic acids is 1. The van der Waals surface area contributed by atoms with Gasteiger partial charge < -0.3 is 10.4 Å². The molecular formula is C14H21NO2S. The molecule has 0 aliphatic carbocycles. The number of nitrogens with one attached hydrogen (secondary N) is 1. The van der Waals surface area contributed by atoms with Crippen molar-refractivity contribution >= 4 is 17.7 Å². The van der Waals surface area contributed by atoms with Crippen LogP contribution in [0.15, 0.2) is 29.2 Å². The summed E-state index contributed by atoms with van der Waals surface area (Å²) in [6.45, 7) is 3.88. The van der Waals surface area contributed by atoms with Gasteiger partial charge in [-0.1, -0.05) is 19.1 Å². The monoisotopic (exact) mass is 267 g/mol. The van der Waals surface area contributed by atoms with Gasteiger partial charge in [0.1, 0.15) is 0 Å². The van der Waals surface area contributed by atoms with E-state index in [1.165, 1.54) is 10.5 Å². The molecule has 1 rings (SSSR count). The molecule has 0 fully saturated rings. The number of benzene rings is 1. The van der Waals surface area contributed by atoms with E-state index in [0.717, 1.165) is 31.7 Å². The first-order chi connectivity index (χ1) is 8.72. The summed E-state index contributed by atoms with van der Waals surface area (Å²) in [6.07, 6.45) is 1.93. The van der Waals surface area contributed by atoms with Crippen LogP contribution in [0.1, 0.15) is 31.7 Å². The fourth-order valence-corrected chi connectivity index (χ4v) is 2.29. The Morgan fingerprint density at radius 1 is 1.28 bits per heavy atom. The molecule has 0 aliphatic rings. The molecule has 0 saturated carbocycles. The maximum atomic E-state index is 10.3. The van der Waals surface area contributed by atoms with Crippen LogP contribution in [0.4, 0.5) is 0 Å². The molecule has 0 unspecified atom stereocenters. The number of rotatable bonds is 9. The molecule has 0 atom stereocenters. The molecule has 0 amide bonds. The van der Waals surface area contributed by atoms with Crippen LogP contribution in [0, 0.1) is 0 Å². The lowest BCUT2D eigenvalue weighted by molar-refractivity contribution is -0.137. The van der Waals surface area contributed by atoms with E-state index in [1.54, 1.807) is 0 Å². The average molecular weight is 267 g/mol. The number of carbonyl (C=O) groups is 1. The van der Waals surface area contributed by atoms with E-state index in [-0.39, 0.29) is 6.42 Å². The number of thioether (sulfide) groups is 1. The van der Waals surface area contributed by atoms with Crippen LogP contribution in [-0.4, -0.2) is 23.4 Å². The summed E-state index contributed by atoms with van der Waals surface area (Å²) in [7, 11) is 0. The zero-order valence-electron chi connectivity index (χ0n) is 10.8. The van der Waals surface area contributed by atoms with Gasteiger partial charge >= 0.3 is 5.97 Å². The molecule has 100 valence electrons. The fourth-order valence-electron chi connectivity index (χ4n) is 1.63. The van der Waals surface area contributed by atoms with E-state index >= 15 is 0 Å². The topological polar surface area (TPSA) is 49.3 Å². The largest absolute Gasteiger partial charge is 0.481 e. The van der Waals surface area contributed by atoms with Crippen molar-refractivity contribution in [3.63, 3.8) is 0 Å². The van der Waals surface area contributed by atoms with E-state index in [2.05, 4.69) is 36.5 Å². The average Bonchev–Trinajstić information content (AvgIpc) is 2.35. The molecule has 3 nitrogen and oxygen atoms in total. The molecule has 0 aromatic heterocycles. The highest BCUT2D eigenvalue weighted by Crippen LogP contribution is 2.17. The predicted octanol–water partition coefficient (Wildman–Crippen LogP) is 3.14. The lowest BCUT2D eigenvalue weighted by atomic mass is 10.2. The summed E-state index contributed by atoms with van der Waals surface area (Å²) in [5.74, 6) is 0.389. The van der Waals surface area contributed by atoms with Crippen LogP contribution in [0.5, 0.6) is 0 Å². The quantitative estimate of drug-likeness (QED) is 0.533. The van der Waals surface area contributed by atoms with Gasteiger partial charge in [0.05, 0.1) is 0 Å². The molecule has 18 heavy (non-hydrogen) atoms. The Kier molecular flexibility index (Phi) is 7.53. The number of hydrogen-bond donors (Lipinski definition) is 2. The first kappa shape index (κ1) is 15.1. The molecule has 0 saturated heterocycles. The van der Waals surface area contributed by atoms with Crippen molar-refractivity contribution in [3.05, 3.63) is 29.8 Å². The second-order valence-corrected chi connectivity index (χ2v) is 5.44. The first-order valence-electron chi connectivity index (χ1n) is 6.36. The van der Waals surface area contributed by atoms with Crippen LogP contribution < -0.4 is 5.32 Å². The number of hydrogen-bond acceptors (Lipinski definition) is 3. The number of carboxylic acid groups (broad SMARTS) is 1. The van der Waals surface area contributed by atoms with Crippen molar-refractivity contribution in [3.8, 4) is 0 Å². The van der Waals surface area contributed by atoms with Crippen LogP contribution in [0.25, 0.3) is 0 Å². The molecule has 0 bridgehead atoms. The van der Waals surface area contributed by atoms with Gasteiger partial charge in [-0.3, -0.25) is 4.79 Å². The van der Waals surface area contributed by atoms with Crippen molar-refractivity contribution in [2.75, 3.05) is 12.3 Å². The number of carboxylic acids is 1. The fraction of sp³-hybridized carbons (Fsp3) is 0.500. The van der Waals surface area contributed by atoms with Gasteiger partial charge in [0.25, 0.3) is 0 Å². The molecule has 0 radical (unpaired) electrons. The Balaban J connectivity index is 2.13. The third-order valence-electron chi connectivity index (χ3n) is 2.56. The van der Waals surface area contributed by atoms with E-state index in [0.29, 0.717) is 0 Å². The Hall–Kier alpha value is -1.00. The second kappa shape index (κ2) is 9.00. The summed E-state index contributed by atoms with van der Waals surface area (Å²) < 4.78 is 0. The van der Waals surface area contributed by atoms with Crippen molar-refractivity contribution in [2.24, 2.45) is 0 Å². The molecule has 1 aromatic rings. The van der Waals surface area contributed by atoms with Gasteiger partial charge in [-0.2, -0.15) is 0 Å². The summed E-state index contributed by atoms with van der Waals surface area (Å²) >= 11 is 1.85. The van der Waals surface area contributed by atoms with E-state index in [4.69, 9.17) is 5.11 Å². The molecule has 1 aromatic carbocycles. The van der Waals surface area contributed by atoms with E-state index < -0.39 is 5.97 Å². The molecule has 0 spiro atoms. The Labute approximate surface area is 113 Å². The summed E-state index contributed by atoms with van der Waals surface area (Å²) in [5, 5.41) is 11.8. The minimum Gasteiger partial charge on any atom is -0.481 e. The Bertz CT molecular complexity index is 351. The zero-order chi connectivity index (χ0) is 13.2.